The zero-order valence-electron chi connectivity index (χ0n) is 14.2. The van der Waals surface area contributed by atoms with Crippen LogP contribution in [0.2, 0.25) is 0 Å². The van der Waals surface area contributed by atoms with Gasteiger partial charge in [-0.15, -0.1) is 0 Å². The third kappa shape index (κ3) is 5.55. The second-order valence-corrected chi connectivity index (χ2v) is 6.22. The summed E-state index contributed by atoms with van der Waals surface area (Å²) in [7, 11) is 3.28. The predicted octanol–water partition coefficient (Wildman–Crippen LogP) is 2.86. The van der Waals surface area contributed by atoms with E-state index in [4.69, 9.17) is 21.7 Å². The van der Waals surface area contributed by atoms with Gasteiger partial charge in [-0.25, -0.2) is 0 Å². The van der Waals surface area contributed by atoms with E-state index in [0.29, 0.717) is 11.2 Å². The topological polar surface area (TPSA) is 45.8 Å². The Bertz CT molecular complexity index is 494. The number of likely N-dealkylation sites (tertiary alicyclic amines) is 1. The molecule has 0 bridgehead atoms. The molecule has 128 valence electrons. The van der Waals surface area contributed by atoms with E-state index >= 15 is 0 Å². The normalized spacial score (nSPS) is 16.0. The van der Waals surface area contributed by atoms with Crippen LogP contribution in [0.4, 0.5) is 5.69 Å². The van der Waals surface area contributed by atoms with Gasteiger partial charge in [0.1, 0.15) is 11.5 Å². The summed E-state index contributed by atoms with van der Waals surface area (Å²) in [5, 5.41) is 7.29. The number of nitrogens with zero attached hydrogens (tertiary/aromatic N) is 1. The SMILES string of the molecule is CCCN1CCC(NC(=S)Nc2cc(OC)cc(OC)c2)CC1. The molecule has 1 fully saturated rings. The molecule has 0 atom stereocenters. The predicted molar refractivity (Wildman–Crippen MR) is 98.7 cm³/mol. The van der Waals surface area contributed by atoms with E-state index in [2.05, 4.69) is 22.5 Å². The number of thiocarbonyl (C=S) groups is 1. The van der Waals surface area contributed by atoms with Gasteiger partial charge in [-0.3, -0.25) is 0 Å². The molecule has 0 unspecified atom stereocenters. The molecule has 0 aromatic heterocycles. The van der Waals surface area contributed by atoms with Gasteiger partial charge < -0.3 is 25.0 Å². The van der Waals surface area contributed by atoms with Gasteiger partial charge in [0.25, 0.3) is 0 Å². The molecule has 1 aromatic carbocycles. The second kappa shape index (κ2) is 8.93. The van der Waals surface area contributed by atoms with Crippen molar-refractivity contribution < 1.29 is 9.47 Å². The number of rotatable bonds is 6. The molecule has 2 N–H and O–H groups in total. The second-order valence-electron chi connectivity index (χ2n) is 5.82. The van der Waals surface area contributed by atoms with Crippen LogP contribution in [0, 0.1) is 0 Å². The van der Waals surface area contributed by atoms with Gasteiger partial charge in [0.15, 0.2) is 5.11 Å². The van der Waals surface area contributed by atoms with Crippen molar-refractivity contribution in [2.24, 2.45) is 0 Å². The molecule has 0 saturated carbocycles. The van der Waals surface area contributed by atoms with Crippen LogP contribution in [0.3, 0.4) is 0 Å². The number of anilines is 1. The van der Waals surface area contributed by atoms with Gasteiger partial charge in [-0.1, -0.05) is 6.92 Å². The molecule has 1 heterocycles. The summed E-state index contributed by atoms with van der Waals surface area (Å²) in [6.07, 6.45) is 3.47. The van der Waals surface area contributed by atoms with Crippen LogP contribution in [0.5, 0.6) is 11.5 Å². The van der Waals surface area contributed by atoms with Crippen LogP contribution in [-0.2, 0) is 0 Å². The smallest absolute Gasteiger partial charge is 0.171 e. The van der Waals surface area contributed by atoms with Crippen LogP contribution >= 0.6 is 12.2 Å². The third-order valence-electron chi connectivity index (χ3n) is 4.07. The van der Waals surface area contributed by atoms with Crippen LogP contribution in [0.15, 0.2) is 18.2 Å². The van der Waals surface area contributed by atoms with Gasteiger partial charge in [0.2, 0.25) is 0 Å². The quantitative estimate of drug-likeness (QED) is 0.779. The number of benzene rings is 1. The molecule has 5 nitrogen and oxygen atoms in total. The molecule has 0 aliphatic carbocycles. The Morgan fingerprint density at radius 1 is 1.17 bits per heavy atom. The Morgan fingerprint density at radius 3 is 2.30 bits per heavy atom. The molecule has 0 spiro atoms. The molecule has 6 heteroatoms. The maximum absolute atomic E-state index is 5.44. The maximum atomic E-state index is 5.44. The average molecular weight is 337 g/mol. The van der Waals surface area contributed by atoms with Crippen molar-refractivity contribution in [1.29, 1.82) is 0 Å². The Labute approximate surface area is 144 Å². The minimum Gasteiger partial charge on any atom is -0.497 e. The summed E-state index contributed by atoms with van der Waals surface area (Å²) >= 11 is 5.44. The highest BCUT2D eigenvalue weighted by Gasteiger charge is 2.19. The van der Waals surface area contributed by atoms with E-state index in [9.17, 15) is 0 Å². The average Bonchev–Trinajstić information content (AvgIpc) is 2.56. The van der Waals surface area contributed by atoms with Crippen molar-refractivity contribution in [3.05, 3.63) is 18.2 Å². The van der Waals surface area contributed by atoms with Crippen molar-refractivity contribution in [2.45, 2.75) is 32.2 Å². The first-order chi connectivity index (χ1) is 11.1. The van der Waals surface area contributed by atoms with Gasteiger partial charge in [-0.05, 0) is 38.0 Å². The molecule has 23 heavy (non-hydrogen) atoms. The lowest BCUT2D eigenvalue weighted by atomic mass is 10.1. The fourth-order valence-corrected chi connectivity index (χ4v) is 3.13. The fourth-order valence-electron chi connectivity index (χ4n) is 2.85. The molecule has 2 rings (SSSR count). The maximum Gasteiger partial charge on any atom is 0.171 e. The summed E-state index contributed by atoms with van der Waals surface area (Å²) in [6, 6.07) is 6.09. The van der Waals surface area contributed by atoms with Gasteiger partial charge in [0, 0.05) is 43.0 Å². The van der Waals surface area contributed by atoms with Crippen molar-refractivity contribution in [3.8, 4) is 11.5 Å². The van der Waals surface area contributed by atoms with Crippen molar-refractivity contribution in [3.63, 3.8) is 0 Å². The van der Waals surface area contributed by atoms with E-state index in [1.54, 1.807) is 14.2 Å². The summed E-state index contributed by atoms with van der Waals surface area (Å²) in [5.41, 5.74) is 0.863. The van der Waals surface area contributed by atoms with E-state index < -0.39 is 0 Å². The van der Waals surface area contributed by atoms with E-state index in [1.807, 2.05) is 18.2 Å². The van der Waals surface area contributed by atoms with Crippen molar-refractivity contribution in [2.75, 3.05) is 39.2 Å². The van der Waals surface area contributed by atoms with Crippen LogP contribution < -0.4 is 20.1 Å². The molecule has 1 saturated heterocycles. The number of methoxy groups -OCH3 is 2. The Kier molecular flexibility index (Phi) is 6.92. The Morgan fingerprint density at radius 2 is 1.78 bits per heavy atom. The van der Waals surface area contributed by atoms with Crippen molar-refractivity contribution in [1.82, 2.24) is 10.2 Å². The number of ether oxygens (including phenoxy) is 2. The highest BCUT2D eigenvalue weighted by Crippen LogP contribution is 2.25. The highest BCUT2D eigenvalue weighted by atomic mass is 32.1. The number of piperidine rings is 1. The summed E-state index contributed by atoms with van der Waals surface area (Å²) in [6.45, 7) is 5.70. The molecule has 1 aromatic rings. The zero-order valence-corrected chi connectivity index (χ0v) is 15.0. The molecular formula is C17H27N3O2S. The molecule has 1 aliphatic rings. The lowest BCUT2D eigenvalue weighted by molar-refractivity contribution is 0.207. The molecular weight excluding hydrogens is 310 g/mol. The van der Waals surface area contributed by atoms with E-state index in [0.717, 1.165) is 43.1 Å². The van der Waals surface area contributed by atoms with Crippen LogP contribution in [0.1, 0.15) is 26.2 Å². The minimum atomic E-state index is 0.440. The lowest BCUT2D eigenvalue weighted by Gasteiger charge is -2.32. The number of nitrogens with one attached hydrogen (secondary N) is 2. The fraction of sp³-hybridized carbons (Fsp3) is 0.588. The molecule has 0 radical (unpaired) electrons. The minimum absolute atomic E-state index is 0.440. The van der Waals surface area contributed by atoms with Crippen molar-refractivity contribution >= 4 is 23.0 Å². The van der Waals surface area contributed by atoms with Crippen LogP contribution in [0.25, 0.3) is 0 Å². The Balaban J connectivity index is 1.85. The highest BCUT2D eigenvalue weighted by molar-refractivity contribution is 7.80. The van der Waals surface area contributed by atoms with Crippen LogP contribution in [-0.4, -0.2) is 49.9 Å². The number of hydrogen-bond acceptors (Lipinski definition) is 4. The van der Waals surface area contributed by atoms with E-state index in [-0.39, 0.29) is 0 Å². The first-order valence-electron chi connectivity index (χ1n) is 8.17. The summed E-state index contributed by atoms with van der Waals surface area (Å²) in [5.74, 6) is 1.48. The van der Waals surface area contributed by atoms with Gasteiger partial charge >= 0.3 is 0 Å². The molecule has 1 aliphatic heterocycles. The molecule has 0 amide bonds. The lowest BCUT2D eigenvalue weighted by Crippen LogP contribution is -2.45. The largest absolute Gasteiger partial charge is 0.497 e. The first-order valence-corrected chi connectivity index (χ1v) is 8.58. The third-order valence-corrected chi connectivity index (χ3v) is 4.29. The standard InChI is InChI=1S/C17H27N3O2S/c1-4-7-20-8-5-13(6-9-20)18-17(23)19-14-10-15(21-2)12-16(11-14)22-3/h10-13H,4-9H2,1-3H3,(H2,18,19,23). The summed E-state index contributed by atoms with van der Waals surface area (Å²) < 4.78 is 10.5. The zero-order chi connectivity index (χ0) is 16.7. The van der Waals surface area contributed by atoms with Gasteiger partial charge in [-0.2, -0.15) is 0 Å². The monoisotopic (exact) mass is 337 g/mol. The van der Waals surface area contributed by atoms with Gasteiger partial charge in [0.05, 0.1) is 14.2 Å². The number of hydrogen-bond donors (Lipinski definition) is 2. The first kappa shape index (κ1) is 17.8. The Hall–Kier alpha value is -1.53. The van der Waals surface area contributed by atoms with E-state index in [1.165, 1.54) is 13.0 Å². The summed E-state index contributed by atoms with van der Waals surface area (Å²) in [4.78, 5) is 2.52.